The van der Waals surface area contributed by atoms with Gasteiger partial charge in [0.15, 0.2) is 0 Å². The molecule has 0 saturated carbocycles. The number of H-pyrrole nitrogens is 1. The third kappa shape index (κ3) is 4.32. The average molecular weight is 430 g/mol. The van der Waals surface area contributed by atoms with Crippen molar-refractivity contribution in [1.29, 1.82) is 0 Å². The SMILES string of the molecule is C=CC(Cl)[C@H]1O[C@@H](n2cc(Br)c(=O)[nH]c2=O)C[C@@H]1OS(C)(=O)=O. The van der Waals surface area contributed by atoms with Crippen LogP contribution >= 0.6 is 27.5 Å². The molecule has 1 saturated heterocycles. The van der Waals surface area contributed by atoms with Crippen molar-refractivity contribution in [2.75, 3.05) is 6.26 Å². The molecule has 4 atom stereocenters. The smallest absolute Gasteiger partial charge is 0.330 e. The maximum atomic E-state index is 11.9. The Hall–Kier alpha value is -0.940. The monoisotopic (exact) mass is 428 g/mol. The Morgan fingerprint density at radius 1 is 1.61 bits per heavy atom. The highest BCUT2D eigenvalue weighted by molar-refractivity contribution is 9.10. The molecule has 1 aliphatic rings. The fourth-order valence-electron chi connectivity index (χ4n) is 2.24. The summed E-state index contributed by atoms with van der Waals surface area (Å²) in [6, 6.07) is 0. The van der Waals surface area contributed by atoms with E-state index in [4.69, 9.17) is 20.5 Å². The molecule has 0 amide bonds. The Balaban J connectivity index is 2.36. The summed E-state index contributed by atoms with van der Waals surface area (Å²) in [4.78, 5) is 25.4. The maximum Gasteiger partial charge on any atom is 0.330 e. The van der Waals surface area contributed by atoms with E-state index in [1.807, 2.05) is 0 Å². The zero-order valence-electron chi connectivity index (χ0n) is 11.9. The first-order valence-corrected chi connectivity index (χ1v) is 9.48. The normalized spacial score (nSPS) is 26.1. The number of aromatic nitrogens is 2. The van der Waals surface area contributed by atoms with Gasteiger partial charge in [0, 0.05) is 12.6 Å². The van der Waals surface area contributed by atoms with Crippen LogP contribution in [-0.2, 0) is 19.0 Å². The molecule has 1 aromatic heterocycles. The largest absolute Gasteiger partial charge is 0.350 e. The second-order valence-electron chi connectivity index (χ2n) is 4.95. The molecule has 1 fully saturated rings. The molecule has 128 valence electrons. The van der Waals surface area contributed by atoms with Crippen LogP contribution in [0.5, 0.6) is 0 Å². The van der Waals surface area contributed by atoms with Gasteiger partial charge >= 0.3 is 5.69 Å². The van der Waals surface area contributed by atoms with Crippen LogP contribution in [0.2, 0.25) is 0 Å². The molecule has 0 bridgehead atoms. The second kappa shape index (κ2) is 6.89. The summed E-state index contributed by atoms with van der Waals surface area (Å²) in [5.74, 6) is 0. The van der Waals surface area contributed by atoms with Crippen LogP contribution in [-0.4, -0.2) is 41.8 Å². The Morgan fingerprint density at radius 2 is 2.26 bits per heavy atom. The summed E-state index contributed by atoms with van der Waals surface area (Å²) >= 11 is 9.09. The number of aromatic amines is 1. The van der Waals surface area contributed by atoms with E-state index in [9.17, 15) is 18.0 Å². The number of hydrogen-bond donors (Lipinski definition) is 1. The van der Waals surface area contributed by atoms with Crippen molar-refractivity contribution in [3.05, 3.63) is 44.2 Å². The molecular weight excluding hydrogens is 416 g/mol. The molecule has 1 N–H and O–H groups in total. The fourth-order valence-corrected chi connectivity index (χ4v) is 3.42. The molecule has 0 aromatic carbocycles. The Kier molecular flexibility index (Phi) is 5.52. The lowest BCUT2D eigenvalue weighted by Crippen LogP contribution is -2.34. The van der Waals surface area contributed by atoms with Crippen LogP contribution in [0.4, 0.5) is 0 Å². The van der Waals surface area contributed by atoms with Crippen LogP contribution in [0, 0.1) is 0 Å². The number of halogens is 2. The molecule has 1 unspecified atom stereocenters. The molecule has 23 heavy (non-hydrogen) atoms. The second-order valence-corrected chi connectivity index (χ2v) is 7.91. The number of hydrogen-bond acceptors (Lipinski definition) is 6. The average Bonchev–Trinajstić information content (AvgIpc) is 2.83. The van der Waals surface area contributed by atoms with E-state index < -0.39 is 45.2 Å². The first-order chi connectivity index (χ1) is 10.6. The van der Waals surface area contributed by atoms with Gasteiger partial charge in [-0.1, -0.05) is 6.08 Å². The summed E-state index contributed by atoms with van der Waals surface area (Å²) in [5, 5.41) is -0.714. The Morgan fingerprint density at radius 3 is 2.83 bits per heavy atom. The highest BCUT2D eigenvalue weighted by atomic mass is 79.9. The molecule has 8 nitrogen and oxygen atoms in total. The predicted octanol–water partition coefficient (Wildman–Crippen LogP) is 0.725. The van der Waals surface area contributed by atoms with E-state index in [2.05, 4.69) is 27.5 Å². The quantitative estimate of drug-likeness (QED) is 0.420. The van der Waals surface area contributed by atoms with Crippen LogP contribution in [0.15, 0.2) is 32.9 Å². The van der Waals surface area contributed by atoms with E-state index in [-0.39, 0.29) is 10.9 Å². The van der Waals surface area contributed by atoms with Gasteiger partial charge in [-0.15, -0.1) is 18.2 Å². The number of nitrogens with zero attached hydrogens (tertiary/aromatic N) is 1. The van der Waals surface area contributed by atoms with Crippen LogP contribution < -0.4 is 11.2 Å². The molecule has 0 aliphatic carbocycles. The minimum atomic E-state index is -3.74. The van der Waals surface area contributed by atoms with E-state index in [1.54, 1.807) is 0 Å². The van der Waals surface area contributed by atoms with Gasteiger partial charge in [-0.2, -0.15) is 8.42 Å². The number of nitrogens with one attached hydrogen (secondary N) is 1. The zero-order valence-corrected chi connectivity index (χ0v) is 15.1. The number of rotatable bonds is 5. The minimum Gasteiger partial charge on any atom is -0.350 e. The van der Waals surface area contributed by atoms with Crippen molar-refractivity contribution >= 4 is 37.6 Å². The van der Waals surface area contributed by atoms with Crippen LogP contribution in [0.25, 0.3) is 0 Å². The number of alkyl halides is 1. The zero-order chi connectivity index (χ0) is 17.4. The Labute approximate surface area is 145 Å². The van der Waals surface area contributed by atoms with Gasteiger partial charge < -0.3 is 4.74 Å². The molecular formula is C12H14BrClN2O6S. The lowest BCUT2D eigenvalue weighted by molar-refractivity contribution is -0.0122. The highest BCUT2D eigenvalue weighted by Crippen LogP contribution is 2.34. The highest BCUT2D eigenvalue weighted by Gasteiger charge is 2.42. The molecule has 11 heteroatoms. The molecule has 0 radical (unpaired) electrons. The van der Waals surface area contributed by atoms with Crippen molar-refractivity contribution in [1.82, 2.24) is 9.55 Å². The predicted molar refractivity (Wildman–Crippen MR) is 87.1 cm³/mol. The van der Waals surface area contributed by atoms with Crippen LogP contribution in [0.3, 0.4) is 0 Å². The van der Waals surface area contributed by atoms with E-state index in [1.165, 1.54) is 12.3 Å². The third-order valence-electron chi connectivity index (χ3n) is 3.19. The van der Waals surface area contributed by atoms with Gasteiger partial charge in [0.25, 0.3) is 15.7 Å². The van der Waals surface area contributed by atoms with E-state index in [0.29, 0.717) is 0 Å². The maximum absolute atomic E-state index is 11.9. The summed E-state index contributed by atoms with van der Waals surface area (Å²) in [7, 11) is -3.74. The molecule has 2 rings (SSSR count). The number of ether oxygens (including phenoxy) is 1. The fraction of sp³-hybridized carbons (Fsp3) is 0.500. The minimum absolute atomic E-state index is 0.0627. The first kappa shape index (κ1) is 18.4. The lowest BCUT2D eigenvalue weighted by Gasteiger charge is -2.20. The third-order valence-corrected chi connectivity index (χ3v) is 4.77. The molecule has 1 aromatic rings. The van der Waals surface area contributed by atoms with Crippen molar-refractivity contribution < 1.29 is 17.3 Å². The van der Waals surface area contributed by atoms with Crippen molar-refractivity contribution in [3.8, 4) is 0 Å². The van der Waals surface area contributed by atoms with Gasteiger partial charge in [0.05, 0.1) is 16.1 Å². The van der Waals surface area contributed by atoms with Gasteiger partial charge in [-0.3, -0.25) is 18.5 Å². The molecule has 1 aliphatic heterocycles. The van der Waals surface area contributed by atoms with Crippen molar-refractivity contribution in [2.24, 2.45) is 0 Å². The first-order valence-electron chi connectivity index (χ1n) is 6.43. The van der Waals surface area contributed by atoms with Gasteiger partial charge in [-0.05, 0) is 15.9 Å². The molecule has 0 spiro atoms. The lowest BCUT2D eigenvalue weighted by atomic mass is 10.1. The van der Waals surface area contributed by atoms with Gasteiger partial charge in [0.2, 0.25) is 0 Å². The van der Waals surface area contributed by atoms with Gasteiger partial charge in [-0.25, -0.2) is 4.79 Å². The summed E-state index contributed by atoms with van der Waals surface area (Å²) in [6.07, 6.45) is 1.10. The Bertz CT molecular complexity index is 820. The van der Waals surface area contributed by atoms with E-state index >= 15 is 0 Å². The van der Waals surface area contributed by atoms with Crippen molar-refractivity contribution in [3.63, 3.8) is 0 Å². The van der Waals surface area contributed by atoms with Gasteiger partial charge in [0.1, 0.15) is 18.4 Å². The standard InChI is InChI=1S/C12H14BrClN2O6S/c1-3-7(14)10-8(22-23(2,19)20)4-9(21-10)16-5-6(13)11(17)15-12(16)18/h3,5,7-10H,1,4H2,2H3,(H,15,17,18)/t7?,8-,9+,10+/m0/s1. The topological polar surface area (TPSA) is 107 Å². The summed E-state index contributed by atoms with van der Waals surface area (Å²) in [6.45, 7) is 3.54. The van der Waals surface area contributed by atoms with Crippen molar-refractivity contribution in [2.45, 2.75) is 30.2 Å². The summed E-state index contributed by atoms with van der Waals surface area (Å²) < 4.78 is 34.7. The molecule has 2 heterocycles. The van der Waals surface area contributed by atoms with E-state index in [0.717, 1.165) is 10.8 Å². The van der Waals surface area contributed by atoms with Crippen LogP contribution in [0.1, 0.15) is 12.6 Å². The summed E-state index contributed by atoms with van der Waals surface area (Å²) in [5.41, 5.74) is -1.27.